The van der Waals surface area contributed by atoms with Gasteiger partial charge in [0, 0.05) is 49.3 Å². The van der Waals surface area contributed by atoms with E-state index >= 15 is 0 Å². The van der Waals surface area contributed by atoms with Crippen LogP contribution in [0.3, 0.4) is 0 Å². The Balaban J connectivity index is 1.50. The summed E-state index contributed by atoms with van der Waals surface area (Å²) in [6.07, 6.45) is 3.21. The summed E-state index contributed by atoms with van der Waals surface area (Å²) in [6.45, 7) is 0.795. The molecule has 0 aromatic heterocycles. The summed E-state index contributed by atoms with van der Waals surface area (Å²) < 4.78 is 13.0. The zero-order valence-corrected chi connectivity index (χ0v) is 14.9. The lowest BCUT2D eigenvalue weighted by Crippen LogP contribution is -2.30. The smallest absolute Gasteiger partial charge is 0.269 e. The van der Waals surface area contributed by atoms with Crippen molar-refractivity contribution in [1.29, 1.82) is 0 Å². The lowest BCUT2D eigenvalue weighted by Gasteiger charge is -2.16. The normalized spacial score (nSPS) is 16.5. The molecule has 7 nitrogen and oxygen atoms in total. The van der Waals surface area contributed by atoms with Crippen molar-refractivity contribution in [3.63, 3.8) is 0 Å². The van der Waals surface area contributed by atoms with Gasteiger partial charge in [-0.25, -0.2) is 4.39 Å². The van der Waals surface area contributed by atoms with Crippen LogP contribution in [0.1, 0.15) is 12.0 Å². The van der Waals surface area contributed by atoms with Crippen LogP contribution in [-0.2, 0) is 9.59 Å². The van der Waals surface area contributed by atoms with Crippen molar-refractivity contribution in [2.75, 3.05) is 18.0 Å². The van der Waals surface area contributed by atoms with Crippen LogP contribution in [0.4, 0.5) is 15.8 Å². The quantitative estimate of drug-likeness (QED) is 0.472. The summed E-state index contributed by atoms with van der Waals surface area (Å²) in [6, 6.07) is 11.6. The minimum absolute atomic E-state index is 0.0155. The Morgan fingerprint density at radius 2 is 1.89 bits per heavy atom. The van der Waals surface area contributed by atoms with E-state index in [4.69, 9.17) is 0 Å². The Morgan fingerprint density at radius 1 is 1.21 bits per heavy atom. The minimum Gasteiger partial charge on any atom is -0.352 e. The molecule has 2 aromatic rings. The first kappa shape index (κ1) is 19.2. The topological polar surface area (TPSA) is 92.5 Å². The first-order chi connectivity index (χ1) is 13.4. The largest absolute Gasteiger partial charge is 0.352 e. The molecule has 0 saturated carbocycles. The Kier molecular flexibility index (Phi) is 5.78. The van der Waals surface area contributed by atoms with Gasteiger partial charge in [0.1, 0.15) is 5.82 Å². The number of nitrogens with one attached hydrogen (secondary N) is 1. The number of benzene rings is 2. The fourth-order valence-corrected chi connectivity index (χ4v) is 2.97. The van der Waals surface area contributed by atoms with Gasteiger partial charge in [0.05, 0.1) is 4.92 Å². The van der Waals surface area contributed by atoms with E-state index in [0.29, 0.717) is 30.8 Å². The maximum Gasteiger partial charge on any atom is 0.269 e. The molecule has 2 amide bonds. The van der Waals surface area contributed by atoms with Gasteiger partial charge >= 0.3 is 0 Å². The zero-order chi connectivity index (χ0) is 20.1. The zero-order valence-electron chi connectivity index (χ0n) is 14.9. The van der Waals surface area contributed by atoms with Gasteiger partial charge in [-0.3, -0.25) is 19.7 Å². The molecule has 28 heavy (non-hydrogen) atoms. The van der Waals surface area contributed by atoms with Gasteiger partial charge in [-0.05, 0) is 48.0 Å². The molecule has 0 aliphatic carbocycles. The van der Waals surface area contributed by atoms with Crippen molar-refractivity contribution in [3.8, 4) is 0 Å². The van der Waals surface area contributed by atoms with Gasteiger partial charge in [0.25, 0.3) is 5.69 Å². The van der Waals surface area contributed by atoms with Gasteiger partial charge in [-0.15, -0.1) is 0 Å². The summed E-state index contributed by atoms with van der Waals surface area (Å²) in [5.74, 6) is -0.772. The lowest BCUT2D eigenvalue weighted by atomic mass is 10.1. The van der Waals surface area contributed by atoms with Crippen molar-refractivity contribution in [2.24, 2.45) is 5.92 Å². The van der Waals surface area contributed by atoms with Gasteiger partial charge in [-0.2, -0.15) is 0 Å². The van der Waals surface area contributed by atoms with Crippen LogP contribution in [0.25, 0.3) is 6.08 Å². The second kappa shape index (κ2) is 8.43. The average molecular weight is 383 g/mol. The summed E-state index contributed by atoms with van der Waals surface area (Å²) in [4.78, 5) is 35.8. The Bertz CT molecular complexity index is 910. The highest BCUT2D eigenvalue weighted by Gasteiger charge is 2.30. The number of rotatable bonds is 6. The maximum atomic E-state index is 13.0. The Labute approximate surface area is 160 Å². The van der Waals surface area contributed by atoms with Crippen LogP contribution in [-0.4, -0.2) is 29.8 Å². The molecule has 3 rings (SSSR count). The van der Waals surface area contributed by atoms with Gasteiger partial charge in [0.15, 0.2) is 0 Å². The van der Waals surface area contributed by atoms with E-state index in [0.717, 1.165) is 0 Å². The fraction of sp³-hybridized carbons (Fsp3) is 0.200. The third kappa shape index (κ3) is 4.79. The summed E-state index contributed by atoms with van der Waals surface area (Å²) in [7, 11) is 0. The van der Waals surface area contributed by atoms with Gasteiger partial charge < -0.3 is 10.2 Å². The molecule has 1 heterocycles. The number of non-ortho nitro benzene ring substituents is 1. The maximum absolute atomic E-state index is 13.0. The molecular weight excluding hydrogens is 365 g/mol. The SMILES string of the molecule is O=C(/C=C\c1ccc([N+](=O)[O-])cc1)NCC1CC(=O)N(c2ccc(F)cc2)C1. The number of nitrogens with zero attached hydrogens (tertiary/aromatic N) is 2. The number of nitro groups is 1. The second-order valence-electron chi connectivity index (χ2n) is 6.48. The van der Waals surface area contributed by atoms with Crippen molar-refractivity contribution < 1.29 is 18.9 Å². The monoisotopic (exact) mass is 383 g/mol. The molecule has 1 saturated heterocycles. The van der Waals surface area contributed by atoms with Crippen LogP contribution < -0.4 is 10.2 Å². The molecule has 2 aromatic carbocycles. The molecule has 1 aliphatic rings. The molecular formula is C20H18FN3O4. The van der Waals surface area contributed by atoms with E-state index in [9.17, 15) is 24.1 Å². The van der Waals surface area contributed by atoms with Crippen molar-refractivity contribution in [3.05, 3.63) is 76.1 Å². The third-order valence-corrected chi connectivity index (χ3v) is 4.44. The van der Waals surface area contributed by atoms with Crippen molar-refractivity contribution >= 4 is 29.3 Å². The van der Waals surface area contributed by atoms with Crippen molar-refractivity contribution in [2.45, 2.75) is 6.42 Å². The highest BCUT2D eigenvalue weighted by molar-refractivity contribution is 5.96. The molecule has 144 valence electrons. The van der Waals surface area contributed by atoms with Crippen LogP contribution in [0, 0.1) is 21.8 Å². The van der Waals surface area contributed by atoms with E-state index in [1.54, 1.807) is 35.2 Å². The molecule has 1 atom stereocenters. The average Bonchev–Trinajstić information content (AvgIpc) is 3.06. The van der Waals surface area contributed by atoms with E-state index in [-0.39, 0.29) is 29.2 Å². The summed E-state index contributed by atoms with van der Waals surface area (Å²) >= 11 is 0. The predicted octanol–water partition coefficient (Wildman–Crippen LogP) is 2.92. The highest BCUT2D eigenvalue weighted by atomic mass is 19.1. The van der Waals surface area contributed by atoms with E-state index < -0.39 is 4.92 Å². The van der Waals surface area contributed by atoms with E-state index in [2.05, 4.69) is 5.32 Å². The number of carbonyl (C=O) groups is 2. The molecule has 8 heteroatoms. The van der Waals surface area contributed by atoms with Crippen LogP contribution in [0.5, 0.6) is 0 Å². The van der Waals surface area contributed by atoms with Gasteiger partial charge in [-0.1, -0.05) is 0 Å². The molecule has 0 spiro atoms. The standard InChI is InChI=1S/C20H18FN3O4/c21-16-4-8-17(9-5-16)23-13-15(11-20(23)26)12-22-19(25)10-3-14-1-6-18(7-2-14)24(27)28/h1-10,15H,11-13H2,(H,22,25)/b10-3-. The van der Waals surface area contributed by atoms with E-state index in [1.807, 2.05) is 0 Å². The lowest BCUT2D eigenvalue weighted by molar-refractivity contribution is -0.384. The first-order valence-corrected chi connectivity index (χ1v) is 8.68. The number of amides is 2. The number of carbonyl (C=O) groups excluding carboxylic acids is 2. The van der Waals surface area contributed by atoms with Crippen LogP contribution >= 0.6 is 0 Å². The third-order valence-electron chi connectivity index (χ3n) is 4.44. The molecule has 1 aliphatic heterocycles. The van der Waals surface area contributed by atoms with Crippen molar-refractivity contribution in [1.82, 2.24) is 5.32 Å². The predicted molar refractivity (Wildman–Crippen MR) is 102 cm³/mol. The summed E-state index contributed by atoms with van der Waals surface area (Å²) in [5, 5.41) is 13.4. The first-order valence-electron chi connectivity index (χ1n) is 8.68. The molecule has 1 N–H and O–H groups in total. The number of anilines is 1. The summed E-state index contributed by atoms with van der Waals surface area (Å²) in [5.41, 5.74) is 1.29. The van der Waals surface area contributed by atoms with Crippen LogP contribution in [0.15, 0.2) is 54.6 Å². The fourth-order valence-electron chi connectivity index (χ4n) is 2.97. The Hall–Kier alpha value is -3.55. The Morgan fingerprint density at radius 3 is 2.54 bits per heavy atom. The van der Waals surface area contributed by atoms with E-state index in [1.165, 1.54) is 30.3 Å². The number of nitro benzene ring substituents is 1. The molecule has 1 fully saturated rings. The molecule has 0 radical (unpaired) electrons. The number of halogens is 1. The number of hydrogen-bond donors (Lipinski definition) is 1. The molecule has 0 bridgehead atoms. The number of hydrogen-bond acceptors (Lipinski definition) is 4. The molecule has 1 unspecified atom stereocenters. The highest BCUT2D eigenvalue weighted by Crippen LogP contribution is 2.24. The second-order valence-corrected chi connectivity index (χ2v) is 6.48. The van der Waals surface area contributed by atoms with Crippen LogP contribution in [0.2, 0.25) is 0 Å². The minimum atomic E-state index is -0.488. The van der Waals surface area contributed by atoms with Gasteiger partial charge in [0.2, 0.25) is 11.8 Å².